The van der Waals surface area contributed by atoms with Crippen LogP contribution in [0.3, 0.4) is 0 Å². The van der Waals surface area contributed by atoms with Crippen molar-refractivity contribution in [3.63, 3.8) is 0 Å². The van der Waals surface area contributed by atoms with Gasteiger partial charge in [0.15, 0.2) is 0 Å². The summed E-state index contributed by atoms with van der Waals surface area (Å²) in [5, 5.41) is 10.4. The van der Waals surface area contributed by atoms with Crippen LogP contribution in [0.1, 0.15) is 38.1 Å². The SMILES string of the molecule is CCSc1cc(C(=O)N(CC(C)O)C(C)C)ccn1. The number of amides is 1. The van der Waals surface area contributed by atoms with Crippen molar-refractivity contribution in [2.75, 3.05) is 12.3 Å². The summed E-state index contributed by atoms with van der Waals surface area (Å²) in [6.45, 7) is 7.98. The van der Waals surface area contributed by atoms with Gasteiger partial charge in [-0.2, -0.15) is 0 Å². The lowest BCUT2D eigenvalue weighted by Gasteiger charge is -2.28. The van der Waals surface area contributed by atoms with E-state index >= 15 is 0 Å². The number of rotatable bonds is 6. The Morgan fingerprint density at radius 3 is 2.68 bits per heavy atom. The molecule has 0 radical (unpaired) electrons. The zero-order chi connectivity index (χ0) is 14.4. The van der Waals surface area contributed by atoms with Crippen LogP contribution in [0, 0.1) is 0 Å². The average molecular weight is 282 g/mol. The van der Waals surface area contributed by atoms with Crippen LogP contribution in [0.25, 0.3) is 0 Å². The highest BCUT2D eigenvalue weighted by molar-refractivity contribution is 7.99. The minimum atomic E-state index is -0.530. The van der Waals surface area contributed by atoms with Crippen molar-refractivity contribution in [3.05, 3.63) is 23.9 Å². The van der Waals surface area contributed by atoms with Gasteiger partial charge in [0.25, 0.3) is 5.91 Å². The normalized spacial score (nSPS) is 12.5. The van der Waals surface area contributed by atoms with Gasteiger partial charge in [-0.05, 0) is 38.7 Å². The molecule has 1 N–H and O–H groups in total. The molecule has 0 aliphatic heterocycles. The Morgan fingerprint density at radius 1 is 1.47 bits per heavy atom. The number of carbonyl (C=O) groups excluding carboxylic acids is 1. The number of aliphatic hydroxyl groups excluding tert-OH is 1. The molecule has 106 valence electrons. The second-order valence-electron chi connectivity index (χ2n) is 4.72. The number of pyridine rings is 1. The minimum absolute atomic E-state index is 0.0533. The zero-order valence-corrected chi connectivity index (χ0v) is 12.8. The van der Waals surface area contributed by atoms with E-state index in [0.29, 0.717) is 12.1 Å². The van der Waals surface area contributed by atoms with Crippen molar-refractivity contribution in [2.45, 2.75) is 44.9 Å². The second-order valence-corrected chi connectivity index (χ2v) is 6.00. The first kappa shape index (κ1) is 16.0. The summed E-state index contributed by atoms with van der Waals surface area (Å²) in [5.41, 5.74) is 0.625. The monoisotopic (exact) mass is 282 g/mol. The predicted octanol–water partition coefficient (Wildman–Crippen LogP) is 2.43. The molecular weight excluding hydrogens is 260 g/mol. The van der Waals surface area contributed by atoms with E-state index in [-0.39, 0.29) is 11.9 Å². The summed E-state index contributed by atoms with van der Waals surface area (Å²) < 4.78 is 0. The van der Waals surface area contributed by atoms with E-state index in [2.05, 4.69) is 11.9 Å². The summed E-state index contributed by atoms with van der Waals surface area (Å²) in [4.78, 5) is 18.4. The van der Waals surface area contributed by atoms with Crippen molar-refractivity contribution in [2.24, 2.45) is 0 Å². The van der Waals surface area contributed by atoms with Crippen LogP contribution in [-0.4, -0.2) is 45.3 Å². The molecule has 0 saturated heterocycles. The van der Waals surface area contributed by atoms with Crippen molar-refractivity contribution < 1.29 is 9.90 Å². The van der Waals surface area contributed by atoms with Crippen LogP contribution >= 0.6 is 11.8 Å². The van der Waals surface area contributed by atoms with Gasteiger partial charge < -0.3 is 10.0 Å². The van der Waals surface area contributed by atoms with Gasteiger partial charge in [-0.1, -0.05) is 6.92 Å². The average Bonchev–Trinajstić information content (AvgIpc) is 2.35. The van der Waals surface area contributed by atoms with Crippen molar-refractivity contribution in [1.82, 2.24) is 9.88 Å². The van der Waals surface area contributed by atoms with E-state index in [0.717, 1.165) is 10.8 Å². The third-order valence-corrected chi connectivity index (χ3v) is 3.43. The van der Waals surface area contributed by atoms with Gasteiger partial charge in [0.2, 0.25) is 0 Å². The lowest BCUT2D eigenvalue weighted by atomic mass is 10.2. The number of aliphatic hydroxyl groups is 1. The molecule has 0 aliphatic carbocycles. The largest absolute Gasteiger partial charge is 0.392 e. The molecule has 19 heavy (non-hydrogen) atoms. The van der Waals surface area contributed by atoms with Crippen LogP contribution in [0.4, 0.5) is 0 Å². The Balaban J connectivity index is 2.92. The molecule has 0 aliphatic rings. The lowest BCUT2D eigenvalue weighted by Crippen LogP contribution is -2.41. The topological polar surface area (TPSA) is 53.4 Å². The maximum Gasteiger partial charge on any atom is 0.254 e. The molecule has 1 rings (SSSR count). The fourth-order valence-corrected chi connectivity index (χ4v) is 2.39. The Bertz CT molecular complexity index is 422. The van der Waals surface area contributed by atoms with Gasteiger partial charge in [0.1, 0.15) is 0 Å². The maximum atomic E-state index is 12.5. The van der Waals surface area contributed by atoms with Crippen LogP contribution in [0.5, 0.6) is 0 Å². The Labute approximate surface area is 119 Å². The molecule has 1 heterocycles. The Kier molecular flexibility index (Phi) is 6.31. The summed E-state index contributed by atoms with van der Waals surface area (Å²) in [5.74, 6) is 0.864. The molecule has 0 bridgehead atoms. The highest BCUT2D eigenvalue weighted by Crippen LogP contribution is 2.17. The highest BCUT2D eigenvalue weighted by atomic mass is 32.2. The summed E-state index contributed by atoms with van der Waals surface area (Å²) in [6, 6.07) is 3.59. The number of carbonyl (C=O) groups is 1. The minimum Gasteiger partial charge on any atom is -0.392 e. The third-order valence-electron chi connectivity index (χ3n) is 2.62. The molecule has 5 heteroatoms. The fraction of sp³-hybridized carbons (Fsp3) is 0.571. The molecule has 1 aromatic rings. The fourth-order valence-electron chi connectivity index (χ4n) is 1.75. The Morgan fingerprint density at radius 2 is 2.16 bits per heavy atom. The first-order chi connectivity index (χ1) is 8.95. The molecule has 1 aromatic heterocycles. The molecule has 1 atom stereocenters. The number of thioether (sulfide) groups is 1. The zero-order valence-electron chi connectivity index (χ0n) is 12.0. The number of hydrogen-bond donors (Lipinski definition) is 1. The number of aromatic nitrogens is 1. The van der Waals surface area contributed by atoms with Gasteiger partial charge in [-0.15, -0.1) is 11.8 Å². The van der Waals surface area contributed by atoms with Gasteiger partial charge >= 0.3 is 0 Å². The van der Waals surface area contributed by atoms with Crippen molar-refractivity contribution in [1.29, 1.82) is 0 Å². The van der Waals surface area contributed by atoms with Gasteiger partial charge in [-0.25, -0.2) is 4.98 Å². The molecule has 1 unspecified atom stereocenters. The lowest BCUT2D eigenvalue weighted by molar-refractivity contribution is 0.0578. The van der Waals surface area contributed by atoms with E-state index in [1.54, 1.807) is 35.8 Å². The summed E-state index contributed by atoms with van der Waals surface area (Å²) in [7, 11) is 0. The van der Waals surface area contributed by atoms with Gasteiger partial charge in [-0.3, -0.25) is 4.79 Å². The first-order valence-corrected chi connectivity index (χ1v) is 7.52. The molecule has 0 fully saturated rings. The third kappa shape index (κ3) is 4.84. The number of nitrogens with zero attached hydrogens (tertiary/aromatic N) is 2. The number of hydrogen-bond acceptors (Lipinski definition) is 4. The Hall–Kier alpha value is -1.07. The highest BCUT2D eigenvalue weighted by Gasteiger charge is 2.20. The van der Waals surface area contributed by atoms with E-state index in [1.165, 1.54) is 0 Å². The second kappa shape index (κ2) is 7.50. The summed E-state index contributed by atoms with van der Waals surface area (Å²) >= 11 is 1.61. The molecule has 0 spiro atoms. The first-order valence-electron chi connectivity index (χ1n) is 6.53. The van der Waals surface area contributed by atoms with E-state index in [1.807, 2.05) is 19.9 Å². The van der Waals surface area contributed by atoms with Crippen molar-refractivity contribution >= 4 is 17.7 Å². The van der Waals surface area contributed by atoms with Gasteiger partial charge in [0.05, 0.1) is 11.1 Å². The molecule has 4 nitrogen and oxygen atoms in total. The van der Waals surface area contributed by atoms with Crippen LogP contribution in [0.2, 0.25) is 0 Å². The maximum absolute atomic E-state index is 12.5. The molecule has 0 saturated carbocycles. The quantitative estimate of drug-likeness (QED) is 0.814. The van der Waals surface area contributed by atoms with E-state index in [9.17, 15) is 9.90 Å². The smallest absolute Gasteiger partial charge is 0.254 e. The van der Waals surface area contributed by atoms with E-state index < -0.39 is 6.10 Å². The molecule has 0 aromatic carbocycles. The summed E-state index contributed by atoms with van der Waals surface area (Å²) in [6.07, 6.45) is 1.13. The van der Waals surface area contributed by atoms with Crippen molar-refractivity contribution in [3.8, 4) is 0 Å². The van der Waals surface area contributed by atoms with Crippen LogP contribution in [0.15, 0.2) is 23.4 Å². The standard InChI is InChI=1S/C14H22N2O2S/c1-5-19-13-8-12(6-7-15-13)14(18)16(10(2)3)9-11(4)17/h6-8,10-11,17H,5,9H2,1-4H3. The predicted molar refractivity (Wildman–Crippen MR) is 78.5 cm³/mol. The van der Waals surface area contributed by atoms with Crippen LogP contribution < -0.4 is 0 Å². The molecule has 1 amide bonds. The van der Waals surface area contributed by atoms with Crippen LogP contribution in [-0.2, 0) is 0 Å². The molecular formula is C14H22N2O2S. The van der Waals surface area contributed by atoms with E-state index in [4.69, 9.17) is 0 Å². The van der Waals surface area contributed by atoms with Gasteiger partial charge in [0, 0.05) is 24.3 Å².